The lowest BCUT2D eigenvalue weighted by molar-refractivity contribution is -0.143. The van der Waals surface area contributed by atoms with E-state index in [-0.39, 0.29) is 34.4 Å². The fourth-order valence-electron chi connectivity index (χ4n) is 5.31. The van der Waals surface area contributed by atoms with Crippen LogP contribution in [0, 0.1) is 35.5 Å². The van der Waals surface area contributed by atoms with Crippen LogP contribution in [0.3, 0.4) is 0 Å². The van der Waals surface area contributed by atoms with Crippen LogP contribution in [0.4, 0.5) is 18.9 Å². The first-order valence-corrected chi connectivity index (χ1v) is 9.75. The molecule has 0 spiro atoms. The largest absolute Gasteiger partial charge is 0.416 e. The zero-order valence-corrected chi connectivity index (χ0v) is 15.7. The zero-order valence-electron chi connectivity index (χ0n) is 14.9. The van der Waals surface area contributed by atoms with Crippen molar-refractivity contribution in [2.45, 2.75) is 12.6 Å². The Kier molecular flexibility index (Phi) is 3.91. The standard InChI is InChI=1S/C20H16ClF3N2O3/c21-13-4-1-8(20(22,23)24)5-14(13)25-15(27)7-26-18(28)16-9-2-3-10(12-6-11(9)12)17(16)19(26)29/h1-5,9-12,16-17H,6-7H2,(H,25,27)/t9-,10+,11-,12-,16+,17-/m1/s1. The molecule has 0 unspecified atom stereocenters. The minimum Gasteiger partial charge on any atom is -0.323 e. The van der Waals surface area contributed by atoms with Crippen LogP contribution < -0.4 is 5.32 Å². The molecule has 1 aromatic carbocycles. The van der Waals surface area contributed by atoms with E-state index in [0.717, 1.165) is 29.5 Å². The third kappa shape index (κ3) is 2.79. The van der Waals surface area contributed by atoms with Gasteiger partial charge in [-0.25, -0.2) is 0 Å². The van der Waals surface area contributed by atoms with Gasteiger partial charge in [0.25, 0.3) is 0 Å². The normalized spacial score (nSPS) is 34.3. The molecule has 152 valence electrons. The van der Waals surface area contributed by atoms with Gasteiger partial charge in [0, 0.05) is 0 Å². The number of hydrogen-bond donors (Lipinski definition) is 1. The van der Waals surface area contributed by atoms with Gasteiger partial charge in [0.2, 0.25) is 17.7 Å². The summed E-state index contributed by atoms with van der Waals surface area (Å²) in [7, 11) is 0. The average Bonchev–Trinajstić information content (AvgIpc) is 3.44. The molecule has 1 saturated heterocycles. The first-order valence-electron chi connectivity index (χ1n) is 9.37. The van der Waals surface area contributed by atoms with Crippen molar-refractivity contribution in [2.75, 3.05) is 11.9 Å². The third-order valence-electron chi connectivity index (χ3n) is 6.62. The summed E-state index contributed by atoms with van der Waals surface area (Å²) in [5.41, 5.74) is -1.18. The van der Waals surface area contributed by atoms with Crippen LogP contribution in [0.2, 0.25) is 5.02 Å². The highest BCUT2D eigenvalue weighted by molar-refractivity contribution is 6.33. The molecule has 6 rings (SSSR count). The van der Waals surface area contributed by atoms with E-state index in [2.05, 4.69) is 5.32 Å². The lowest BCUT2D eigenvalue weighted by Crippen LogP contribution is -2.40. The van der Waals surface area contributed by atoms with Gasteiger partial charge in [-0.05, 0) is 48.3 Å². The van der Waals surface area contributed by atoms with Crippen LogP contribution in [0.15, 0.2) is 30.4 Å². The Morgan fingerprint density at radius 1 is 1.10 bits per heavy atom. The molecule has 9 heteroatoms. The van der Waals surface area contributed by atoms with Crippen LogP contribution in [0.25, 0.3) is 0 Å². The van der Waals surface area contributed by atoms with Gasteiger partial charge in [-0.2, -0.15) is 13.2 Å². The van der Waals surface area contributed by atoms with E-state index in [1.807, 2.05) is 12.2 Å². The number of nitrogens with one attached hydrogen (secondary N) is 1. The predicted molar refractivity (Wildman–Crippen MR) is 96.5 cm³/mol. The second-order valence-electron chi connectivity index (χ2n) is 8.16. The van der Waals surface area contributed by atoms with Crippen LogP contribution in [-0.4, -0.2) is 29.2 Å². The summed E-state index contributed by atoms with van der Waals surface area (Å²) in [6, 6.07) is 2.58. The Balaban J connectivity index is 1.32. The highest BCUT2D eigenvalue weighted by atomic mass is 35.5. The van der Waals surface area contributed by atoms with Gasteiger partial charge < -0.3 is 5.32 Å². The molecule has 2 bridgehead atoms. The van der Waals surface area contributed by atoms with Crippen LogP contribution >= 0.6 is 11.6 Å². The minimum atomic E-state index is -4.59. The Morgan fingerprint density at radius 3 is 2.24 bits per heavy atom. The van der Waals surface area contributed by atoms with Gasteiger partial charge in [0.1, 0.15) is 6.54 Å². The van der Waals surface area contributed by atoms with Crippen molar-refractivity contribution in [1.82, 2.24) is 4.90 Å². The summed E-state index contributed by atoms with van der Waals surface area (Å²) in [5.74, 6) is -1.38. The van der Waals surface area contributed by atoms with E-state index in [9.17, 15) is 27.6 Å². The summed E-state index contributed by atoms with van der Waals surface area (Å²) in [6.07, 6.45) is 0.493. The molecule has 1 N–H and O–H groups in total. The maximum Gasteiger partial charge on any atom is 0.416 e. The number of carbonyl (C=O) groups is 3. The predicted octanol–water partition coefficient (Wildman–Crippen LogP) is 3.35. The zero-order chi connectivity index (χ0) is 20.7. The summed E-state index contributed by atoms with van der Waals surface area (Å²) in [4.78, 5) is 39.1. The lowest BCUT2D eigenvalue weighted by atomic mass is 9.63. The van der Waals surface area contributed by atoms with Crippen molar-refractivity contribution in [3.63, 3.8) is 0 Å². The van der Waals surface area contributed by atoms with Gasteiger partial charge in [0.15, 0.2) is 0 Å². The molecule has 3 fully saturated rings. The maximum absolute atomic E-state index is 12.9. The molecule has 1 heterocycles. The van der Waals surface area contributed by atoms with Crippen molar-refractivity contribution in [1.29, 1.82) is 0 Å². The van der Waals surface area contributed by atoms with E-state index >= 15 is 0 Å². The number of amides is 3. The molecular weight excluding hydrogens is 409 g/mol. The lowest BCUT2D eigenvalue weighted by Gasteiger charge is -2.37. The molecule has 3 amide bonds. The summed E-state index contributed by atoms with van der Waals surface area (Å²) in [5, 5.41) is 2.23. The molecule has 1 aliphatic heterocycles. The van der Waals surface area contributed by atoms with Crippen molar-refractivity contribution in [3.05, 3.63) is 40.9 Å². The van der Waals surface area contributed by atoms with E-state index in [4.69, 9.17) is 11.6 Å². The second-order valence-corrected chi connectivity index (χ2v) is 8.56. The van der Waals surface area contributed by atoms with Crippen LogP contribution in [0.5, 0.6) is 0 Å². The Hall–Kier alpha value is -2.35. The molecule has 5 nitrogen and oxygen atoms in total. The van der Waals surface area contributed by atoms with Crippen LogP contribution in [0.1, 0.15) is 12.0 Å². The van der Waals surface area contributed by atoms with Crippen molar-refractivity contribution in [2.24, 2.45) is 35.5 Å². The van der Waals surface area contributed by atoms with Gasteiger partial charge in [-0.1, -0.05) is 23.8 Å². The molecule has 1 aromatic rings. The van der Waals surface area contributed by atoms with Gasteiger partial charge >= 0.3 is 6.18 Å². The van der Waals surface area contributed by atoms with Crippen molar-refractivity contribution < 1.29 is 27.6 Å². The number of hydrogen-bond acceptors (Lipinski definition) is 3. The first kappa shape index (κ1) is 18.7. The molecule has 2 saturated carbocycles. The number of anilines is 1. The topological polar surface area (TPSA) is 66.5 Å². The quantitative estimate of drug-likeness (QED) is 0.597. The molecule has 0 radical (unpaired) electrons. The fourth-order valence-corrected chi connectivity index (χ4v) is 5.47. The van der Waals surface area contributed by atoms with Crippen molar-refractivity contribution >= 4 is 35.0 Å². The maximum atomic E-state index is 12.9. The van der Waals surface area contributed by atoms with E-state index in [1.165, 1.54) is 0 Å². The van der Waals surface area contributed by atoms with E-state index in [1.54, 1.807) is 0 Å². The first-order chi connectivity index (χ1) is 13.7. The Bertz CT molecular complexity index is 940. The summed E-state index contributed by atoms with van der Waals surface area (Å²) >= 11 is 5.89. The smallest absolute Gasteiger partial charge is 0.323 e. The number of carbonyl (C=O) groups excluding carboxylic acids is 3. The molecule has 6 atom stereocenters. The third-order valence-corrected chi connectivity index (χ3v) is 6.95. The molecule has 29 heavy (non-hydrogen) atoms. The molecule has 5 aliphatic rings. The minimum absolute atomic E-state index is 0.0393. The number of alkyl halides is 3. The summed E-state index contributed by atoms with van der Waals surface area (Å²) < 4.78 is 38.7. The van der Waals surface area contributed by atoms with E-state index in [0.29, 0.717) is 11.8 Å². The highest BCUT2D eigenvalue weighted by Crippen LogP contribution is 2.65. The van der Waals surface area contributed by atoms with Gasteiger partial charge in [0.05, 0.1) is 28.1 Å². The van der Waals surface area contributed by atoms with Crippen molar-refractivity contribution in [3.8, 4) is 0 Å². The highest BCUT2D eigenvalue weighted by Gasteiger charge is 2.67. The number of rotatable bonds is 3. The molecule has 4 aliphatic carbocycles. The number of allylic oxidation sites excluding steroid dienone is 2. The van der Waals surface area contributed by atoms with Crippen LogP contribution in [-0.2, 0) is 20.6 Å². The second kappa shape index (κ2) is 6.08. The number of imide groups is 1. The average molecular weight is 425 g/mol. The molecular formula is C20H16ClF3N2O3. The summed E-state index contributed by atoms with van der Waals surface area (Å²) in [6.45, 7) is -0.536. The number of benzene rings is 1. The van der Waals surface area contributed by atoms with Gasteiger partial charge in [-0.15, -0.1) is 0 Å². The monoisotopic (exact) mass is 424 g/mol. The fraction of sp³-hybridized carbons (Fsp3) is 0.450. The van der Waals surface area contributed by atoms with E-state index < -0.39 is 36.0 Å². The Labute approximate surface area is 168 Å². The number of nitrogens with zero attached hydrogens (tertiary/aromatic N) is 1. The Morgan fingerprint density at radius 2 is 1.69 bits per heavy atom. The SMILES string of the molecule is O=C(CN1C(=O)[C@@H]2[C@H]3C=C[C@H]([C@H]4C[C@H]34)[C@@H]2C1=O)Nc1cc(C(F)(F)F)ccc1Cl. The number of halogens is 4. The number of likely N-dealkylation sites (tertiary alicyclic amines) is 1. The van der Waals surface area contributed by atoms with Gasteiger partial charge in [-0.3, -0.25) is 19.3 Å². The molecule has 0 aromatic heterocycles.